The van der Waals surface area contributed by atoms with Crippen LogP contribution in [0.5, 0.6) is 0 Å². The first kappa shape index (κ1) is 19.2. The van der Waals surface area contributed by atoms with Crippen molar-refractivity contribution in [3.8, 4) is 0 Å². The zero-order chi connectivity index (χ0) is 18.7. The zero-order valence-corrected chi connectivity index (χ0v) is 13.9. The van der Waals surface area contributed by atoms with Crippen LogP contribution in [0.2, 0.25) is 0 Å². The number of carbonyl (C=O) groups excluding carboxylic acids is 1. The lowest BCUT2D eigenvalue weighted by Crippen LogP contribution is -2.41. The highest BCUT2D eigenvalue weighted by atomic mass is 16.6. The van der Waals surface area contributed by atoms with E-state index in [1.165, 1.54) is 0 Å². The predicted molar refractivity (Wildman–Crippen MR) is 83.4 cm³/mol. The molecule has 5 N–H and O–H groups in total. The van der Waals surface area contributed by atoms with Crippen LogP contribution in [0.15, 0.2) is 15.8 Å². The highest BCUT2D eigenvalue weighted by Crippen LogP contribution is 2.28. The summed E-state index contributed by atoms with van der Waals surface area (Å²) >= 11 is 0. The topological polar surface area (TPSA) is 170 Å². The molecule has 1 aliphatic rings. The molecular formula is C14H22N4O7. The molecule has 2 heterocycles. The first-order valence-electron chi connectivity index (χ1n) is 7.88. The van der Waals surface area contributed by atoms with E-state index in [9.17, 15) is 24.6 Å². The molecule has 1 aromatic heterocycles. The summed E-state index contributed by atoms with van der Waals surface area (Å²) in [5.74, 6) is -0.730. The fraction of sp³-hybridized carbons (Fsp3) is 0.714. The zero-order valence-electron chi connectivity index (χ0n) is 13.9. The van der Waals surface area contributed by atoms with Gasteiger partial charge < -0.3 is 25.4 Å². The van der Waals surface area contributed by atoms with Crippen molar-refractivity contribution in [1.29, 1.82) is 0 Å². The molecule has 25 heavy (non-hydrogen) atoms. The van der Waals surface area contributed by atoms with Crippen molar-refractivity contribution in [2.45, 2.75) is 50.8 Å². The van der Waals surface area contributed by atoms with Gasteiger partial charge >= 0.3 is 11.7 Å². The van der Waals surface area contributed by atoms with Gasteiger partial charge in [-0.2, -0.15) is 9.78 Å². The number of aliphatic hydroxyl groups is 2. The highest BCUT2D eigenvalue weighted by molar-refractivity contribution is 5.75. The van der Waals surface area contributed by atoms with E-state index < -0.39 is 47.8 Å². The molecule has 0 radical (unpaired) electrons. The molecule has 2 unspecified atom stereocenters. The number of nitrogens with one attached hydrogen (secondary N) is 1. The van der Waals surface area contributed by atoms with Crippen LogP contribution in [-0.2, 0) is 14.3 Å². The molecule has 11 heteroatoms. The molecule has 6 atom stereocenters. The number of carbonyl (C=O) groups is 1. The van der Waals surface area contributed by atoms with Crippen molar-refractivity contribution in [2.24, 2.45) is 11.7 Å². The Labute approximate surface area is 142 Å². The number of rotatable bonds is 6. The molecule has 2 rings (SSSR count). The molecular weight excluding hydrogens is 336 g/mol. The number of aromatic amines is 1. The Bertz CT molecular complexity index is 718. The summed E-state index contributed by atoms with van der Waals surface area (Å²) in [5, 5.41) is 23.6. The number of esters is 1. The van der Waals surface area contributed by atoms with Crippen molar-refractivity contribution in [2.75, 3.05) is 6.61 Å². The lowest BCUT2D eigenvalue weighted by molar-refractivity contribution is -0.153. The van der Waals surface area contributed by atoms with E-state index >= 15 is 0 Å². The molecule has 0 saturated carbocycles. The molecule has 1 saturated heterocycles. The SMILES string of the molecule is CC[C@H](C)[C@@H](N)C(=O)OC[C@H]1O[C@@H](n2ncc(=O)[nH]c2=O)C(O)C1O. The van der Waals surface area contributed by atoms with Crippen LogP contribution in [-0.4, -0.2) is 61.9 Å². The number of hydrogen-bond acceptors (Lipinski definition) is 9. The molecule has 0 aromatic carbocycles. The number of nitrogens with zero attached hydrogens (tertiary/aromatic N) is 2. The summed E-state index contributed by atoms with van der Waals surface area (Å²) < 4.78 is 11.1. The summed E-state index contributed by atoms with van der Waals surface area (Å²) in [5.41, 5.74) is 4.14. The number of H-pyrrole nitrogens is 1. The van der Waals surface area contributed by atoms with Crippen LogP contribution < -0.4 is 17.0 Å². The van der Waals surface area contributed by atoms with Crippen LogP contribution >= 0.6 is 0 Å². The van der Waals surface area contributed by atoms with Gasteiger partial charge in [-0.05, 0) is 5.92 Å². The molecule has 0 bridgehead atoms. The minimum absolute atomic E-state index is 0.0795. The average Bonchev–Trinajstić information content (AvgIpc) is 2.86. The van der Waals surface area contributed by atoms with Crippen molar-refractivity contribution in [3.05, 3.63) is 27.0 Å². The maximum Gasteiger partial charge on any atom is 0.347 e. The van der Waals surface area contributed by atoms with Gasteiger partial charge in [0, 0.05) is 0 Å². The van der Waals surface area contributed by atoms with E-state index in [1.807, 2.05) is 11.9 Å². The fourth-order valence-corrected chi connectivity index (χ4v) is 2.36. The highest BCUT2D eigenvalue weighted by Gasteiger charge is 2.45. The third-order valence-corrected chi connectivity index (χ3v) is 4.23. The lowest BCUT2D eigenvalue weighted by Gasteiger charge is -2.19. The minimum Gasteiger partial charge on any atom is -0.462 e. The summed E-state index contributed by atoms with van der Waals surface area (Å²) in [6, 6.07) is -0.812. The van der Waals surface area contributed by atoms with Crippen LogP contribution in [0.4, 0.5) is 0 Å². The molecule has 140 valence electrons. The summed E-state index contributed by atoms with van der Waals surface area (Å²) in [6.07, 6.45) is -3.79. The van der Waals surface area contributed by atoms with E-state index in [2.05, 4.69) is 5.10 Å². The Morgan fingerprint density at radius 2 is 2.16 bits per heavy atom. The minimum atomic E-state index is -1.50. The number of hydrogen-bond donors (Lipinski definition) is 4. The van der Waals surface area contributed by atoms with Gasteiger partial charge in [-0.3, -0.25) is 14.6 Å². The number of nitrogens with two attached hydrogens (primary N) is 1. The Hall–Kier alpha value is -2.08. The van der Waals surface area contributed by atoms with Gasteiger partial charge in [0.05, 0.1) is 0 Å². The second-order valence-electron chi connectivity index (χ2n) is 5.97. The first-order valence-corrected chi connectivity index (χ1v) is 7.88. The Kier molecular flexibility index (Phi) is 6.06. The quantitative estimate of drug-likeness (QED) is 0.400. The molecule has 1 aliphatic heterocycles. The van der Waals surface area contributed by atoms with Gasteiger partial charge in [0.1, 0.15) is 37.2 Å². The predicted octanol–water partition coefficient (Wildman–Crippen LogP) is -2.53. The normalized spacial score (nSPS) is 28.5. The lowest BCUT2D eigenvalue weighted by atomic mass is 10.0. The van der Waals surface area contributed by atoms with Crippen LogP contribution in [0.25, 0.3) is 0 Å². The third-order valence-electron chi connectivity index (χ3n) is 4.23. The van der Waals surface area contributed by atoms with E-state index in [-0.39, 0.29) is 12.5 Å². The van der Waals surface area contributed by atoms with Gasteiger partial charge in [0.2, 0.25) is 0 Å². The average molecular weight is 358 g/mol. The van der Waals surface area contributed by atoms with E-state index in [0.717, 1.165) is 6.20 Å². The van der Waals surface area contributed by atoms with Gasteiger partial charge in [0.15, 0.2) is 6.23 Å². The van der Waals surface area contributed by atoms with E-state index in [4.69, 9.17) is 15.2 Å². The largest absolute Gasteiger partial charge is 0.462 e. The Morgan fingerprint density at radius 3 is 2.76 bits per heavy atom. The maximum atomic E-state index is 11.9. The molecule has 11 nitrogen and oxygen atoms in total. The second-order valence-corrected chi connectivity index (χ2v) is 5.97. The van der Waals surface area contributed by atoms with Crippen LogP contribution in [0, 0.1) is 5.92 Å². The van der Waals surface area contributed by atoms with Gasteiger partial charge in [-0.25, -0.2) is 4.79 Å². The Balaban J connectivity index is 2.03. The summed E-state index contributed by atoms with van der Waals surface area (Å²) in [7, 11) is 0. The third kappa shape index (κ3) is 4.12. The smallest absolute Gasteiger partial charge is 0.347 e. The maximum absolute atomic E-state index is 11.9. The Morgan fingerprint density at radius 1 is 1.48 bits per heavy atom. The van der Waals surface area contributed by atoms with Gasteiger partial charge in [-0.15, -0.1) is 0 Å². The molecule has 0 amide bonds. The van der Waals surface area contributed by atoms with E-state index in [1.54, 1.807) is 6.92 Å². The molecule has 0 spiro atoms. The molecule has 0 aliphatic carbocycles. The number of aliphatic hydroxyl groups excluding tert-OH is 2. The van der Waals surface area contributed by atoms with E-state index in [0.29, 0.717) is 11.1 Å². The second kappa shape index (κ2) is 7.87. The van der Waals surface area contributed by atoms with Gasteiger partial charge in [-0.1, -0.05) is 20.3 Å². The fourth-order valence-electron chi connectivity index (χ4n) is 2.36. The van der Waals surface area contributed by atoms with Crippen LogP contribution in [0.1, 0.15) is 26.5 Å². The molecule has 1 fully saturated rings. The van der Waals surface area contributed by atoms with Crippen molar-refractivity contribution >= 4 is 5.97 Å². The first-order chi connectivity index (χ1) is 11.8. The van der Waals surface area contributed by atoms with Crippen LogP contribution in [0.3, 0.4) is 0 Å². The monoisotopic (exact) mass is 358 g/mol. The van der Waals surface area contributed by atoms with Crippen molar-refractivity contribution in [1.82, 2.24) is 14.8 Å². The van der Waals surface area contributed by atoms with Crippen molar-refractivity contribution in [3.63, 3.8) is 0 Å². The molecule has 1 aromatic rings. The van der Waals surface area contributed by atoms with Gasteiger partial charge in [0.25, 0.3) is 5.56 Å². The summed E-state index contributed by atoms with van der Waals surface area (Å²) in [4.78, 5) is 36.6. The number of ether oxygens (including phenoxy) is 2. The van der Waals surface area contributed by atoms with Crippen molar-refractivity contribution < 1.29 is 24.5 Å². The summed E-state index contributed by atoms with van der Waals surface area (Å²) in [6.45, 7) is 3.34. The standard InChI is InChI=1S/C14H22N4O7/c1-3-6(2)9(15)13(22)24-5-7-10(20)11(21)12(25-7)18-14(23)17-8(19)4-16-18/h4,6-7,9-12,20-21H,3,5,15H2,1-2H3,(H,17,19,23)/t6-,7+,9+,10?,11?,12+/m0/s1. The number of aromatic nitrogens is 3.